The maximum absolute atomic E-state index is 13.7. The maximum Gasteiger partial charge on any atom is 0.270 e. The van der Waals surface area contributed by atoms with Crippen LogP contribution in [0.2, 0.25) is 0 Å². The molecule has 0 spiro atoms. The first-order valence-electron chi connectivity index (χ1n) is 9.88. The molecule has 2 amide bonds. The van der Waals surface area contributed by atoms with E-state index in [0.29, 0.717) is 38.3 Å². The molecule has 3 aromatic rings. The van der Waals surface area contributed by atoms with Crippen molar-refractivity contribution in [1.29, 1.82) is 0 Å². The predicted octanol–water partition coefficient (Wildman–Crippen LogP) is 3.97. The molecule has 1 unspecified atom stereocenters. The van der Waals surface area contributed by atoms with Gasteiger partial charge in [0.2, 0.25) is 5.91 Å². The maximum atomic E-state index is 13.7. The van der Waals surface area contributed by atoms with Crippen LogP contribution in [0.5, 0.6) is 0 Å². The number of amides is 2. The minimum atomic E-state index is -0.282. The van der Waals surface area contributed by atoms with E-state index in [2.05, 4.69) is 0 Å². The van der Waals surface area contributed by atoms with E-state index >= 15 is 0 Å². The molecule has 152 valence electrons. The summed E-state index contributed by atoms with van der Waals surface area (Å²) in [6, 6.07) is 10.4. The van der Waals surface area contributed by atoms with Crippen molar-refractivity contribution in [3.63, 3.8) is 0 Å². The monoisotopic (exact) mass is 413 g/mol. The first-order valence-corrected chi connectivity index (χ1v) is 10.8. The van der Waals surface area contributed by atoms with Crippen LogP contribution in [0.25, 0.3) is 10.2 Å². The first-order chi connectivity index (χ1) is 14.0. The summed E-state index contributed by atoms with van der Waals surface area (Å²) in [7, 11) is 0. The highest BCUT2D eigenvalue weighted by molar-refractivity contribution is 7.16. The van der Waals surface area contributed by atoms with Gasteiger partial charge in [-0.3, -0.25) is 9.59 Å². The number of halogens is 1. The van der Waals surface area contributed by atoms with Gasteiger partial charge in [-0.05, 0) is 42.1 Å². The van der Waals surface area contributed by atoms with Crippen molar-refractivity contribution < 1.29 is 14.0 Å². The summed E-state index contributed by atoms with van der Waals surface area (Å²) in [5.41, 5.74) is 1.43. The Bertz CT molecular complexity index is 1060. The topological polar surface area (TPSA) is 45.6 Å². The molecule has 29 heavy (non-hydrogen) atoms. The van der Waals surface area contributed by atoms with Crippen LogP contribution in [0.15, 0.2) is 41.8 Å². The van der Waals surface area contributed by atoms with Crippen molar-refractivity contribution >= 4 is 33.4 Å². The van der Waals surface area contributed by atoms with Crippen molar-refractivity contribution in [3.05, 3.63) is 58.9 Å². The van der Waals surface area contributed by atoms with Gasteiger partial charge in [0.05, 0.1) is 0 Å². The molecule has 7 heteroatoms. The highest BCUT2D eigenvalue weighted by Crippen LogP contribution is 2.28. The van der Waals surface area contributed by atoms with Crippen LogP contribution in [-0.2, 0) is 11.3 Å². The van der Waals surface area contributed by atoms with Gasteiger partial charge in [0, 0.05) is 44.0 Å². The molecule has 0 saturated carbocycles. The van der Waals surface area contributed by atoms with Gasteiger partial charge in [-0.1, -0.05) is 19.1 Å². The number of rotatable bonds is 4. The molecule has 1 saturated heterocycles. The molecule has 0 bridgehead atoms. The lowest BCUT2D eigenvalue weighted by Crippen LogP contribution is -2.55. The van der Waals surface area contributed by atoms with E-state index < -0.39 is 0 Å². The van der Waals surface area contributed by atoms with Crippen LogP contribution < -0.4 is 0 Å². The molecule has 1 atom stereocenters. The first kappa shape index (κ1) is 19.6. The molecule has 0 N–H and O–H groups in total. The van der Waals surface area contributed by atoms with Crippen LogP contribution in [0.3, 0.4) is 0 Å². The largest absolute Gasteiger partial charge is 0.336 e. The minimum Gasteiger partial charge on any atom is -0.336 e. The van der Waals surface area contributed by atoms with Crippen molar-refractivity contribution in [2.45, 2.75) is 32.9 Å². The second-order valence-electron chi connectivity index (χ2n) is 7.47. The zero-order valence-corrected chi connectivity index (χ0v) is 17.4. The smallest absolute Gasteiger partial charge is 0.270 e. The average molecular weight is 414 g/mol. The molecule has 3 heterocycles. The van der Waals surface area contributed by atoms with Gasteiger partial charge in [-0.2, -0.15) is 0 Å². The number of carbonyl (C=O) groups excluding carboxylic acids is 2. The Balaban J connectivity index is 1.61. The van der Waals surface area contributed by atoms with Gasteiger partial charge in [-0.15, -0.1) is 11.3 Å². The summed E-state index contributed by atoms with van der Waals surface area (Å²) in [6.07, 6.45) is 0.477. The van der Waals surface area contributed by atoms with Gasteiger partial charge >= 0.3 is 0 Å². The quantitative estimate of drug-likeness (QED) is 0.650. The van der Waals surface area contributed by atoms with Crippen LogP contribution in [0.4, 0.5) is 4.39 Å². The Morgan fingerprint density at radius 3 is 2.76 bits per heavy atom. The number of fused-ring (bicyclic) bond motifs is 1. The molecular weight excluding hydrogens is 389 g/mol. The molecule has 5 nitrogen and oxygen atoms in total. The van der Waals surface area contributed by atoms with Gasteiger partial charge in [0.25, 0.3) is 5.91 Å². The zero-order chi connectivity index (χ0) is 20.5. The number of hydrogen-bond donors (Lipinski definition) is 0. The fourth-order valence-corrected chi connectivity index (χ4v) is 4.90. The Kier molecular flexibility index (Phi) is 5.41. The number of benzene rings is 1. The molecule has 1 aromatic carbocycles. The van der Waals surface area contributed by atoms with Crippen LogP contribution in [-0.4, -0.2) is 51.9 Å². The number of carbonyl (C=O) groups is 2. The van der Waals surface area contributed by atoms with Crippen molar-refractivity contribution in [3.8, 4) is 0 Å². The second-order valence-corrected chi connectivity index (χ2v) is 8.36. The third-order valence-corrected chi connectivity index (χ3v) is 6.44. The minimum absolute atomic E-state index is 0.00658. The fourth-order valence-electron chi connectivity index (χ4n) is 4.00. The summed E-state index contributed by atoms with van der Waals surface area (Å²) >= 11 is 1.58. The average Bonchev–Trinajstić information content (AvgIpc) is 3.29. The third-order valence-electron chi connectivity index (χ3n) is 5.49. The number of piperazine rings is 1. The third kappa shape index (κ3) is 3.79. The summed E-state index contributed by atoms with van der Waals surface area (Å²) in [6.45, 7) is 5.87. The van der Waals surface area contributed by atoms with Gasteiger partial charge in [0.1, 0.15) is 16.3 Å². The molecule has 1 aliphatic heterocycles. The van der Waals surface area contributed by atoms with E-state index in [1.54, 1.807) is 17.4 Å². The van der Waals surface area contributed by atoms with Crippen molar-refractivity contribution in [2.24, 2.45) is 0 Å². The highest BCUT2D eigenvalue weighted by Gasteiger charge is 2.31. The van der Waals surface area contributed by atoms with E-state index in [0.717, 1.165) is 15.8 Å². The zero-order valence-electron chi connectivity index (χ0n) is 16.6. The normalized spacial score (nSPS) is 17.1. The predicted molar refractivity (Wildman–Crippen MR) is 113 cm³/mol. The molecule has 1 aliphatic rings. The number of aromatic nitrogens is 1. The molecule has 0 radical (unpaired) electrons. The number of hydrogen-bond acceptors (Lipinski definition) is 3. The van der Waals surface area contributed by atoms with Crippen LogP contribution in [0, 0.1) is 5.82 Å². The Morgan fingerprint density at radius 1 is 1.21 bits per heavy atom. The van der Waals surface area contributed by atoms with E-state index in [1.165, 1.54) is 12.1 Å². The SMILES string of the molecule is CCC(=O)N1CCN(C(=O)c2cc3ccsc3n2Cc2cccc(F)c2)CC1C. The number of nitrogens with zero attached hydrogens (tertiary/aromatic N) is 3. The van der Waals surface area contributed by atoms with Gasteiger partial charge in [0.15, 0.2) is 0 Å². The summed E-state index contributed by atoms with van der Waals surface area (Å²) in [4.78, 5) is 30.1. The molecule has 1 fully saturated rings. The summed E-state index contributed by atoms with van der Waals surface area (Å²) < 4.78 is 15.6. The lowest BCUT2D eigenvalue weighted by molar-refractivity contribution is -0.134. The van der Waals surface area contributed by atoms with E-state index in [4.69, 9.17) is 0 Å². The van der Waals surface area contributed by atoms with Crippen LogP contribution >= 0.6 is 11.3 Å². The van der Waals surface area contributed by atoms with E-state index in [1.807, 2.05) is 51.8 Å². The van der Waals surface area contributed by atoms with Gasteiger partial charge in [-0.25, -0.2) is 4.39 Å². The lowest BCUT2D eigenvalue weighted by Gasteiger charge is -2.40. The number of thiophene rings is 1. The lowest BCUT2D eigenvalue weighted by atomic mass is 10.1. The fraction of sp³-hybridized carbons (Fsp3) is 0.364. The standard InChI is InChI=1S/C22H24FN3O2S/c1-3-20(27)25-9-8-24(13-15(25)2)21(28)19-12-17-7-10-29-22(17)26(19)14-16-5-4-6-18(23)11-16/h4-7,10-12,15H,3,8-9,13-14H2,1-2H3. The van der Waals surface area contributed by atoms with Crippen LogP contribution in [0.1, 0.15) is 36.3 Å². The van der Waals surface area contributed by atoms with E-state index in [9.17, 15) is 14.0 Å². The van der Waals surface area contributed by atoms with Crippen molar-refractivity contribution in [2.75, 3.05) is 19.6 Å². The van der Waals surface area contributed by atoms with Crippen molar-refractivity contribution in [1.82, 2.24) is 14.4 Å². The molecule has 2 aromatic heterocycles. The molecular formula is C22H24FN3O2S. The Hall–Kier alpha value is -2.67. The summed E-state index contributed by atoms with van der Waals surface area (Å²) in [5, 5.41) is 3.01. The van der Waals surface area contributed by atoms with E-state index in [-0.39, 0.29) is 23.7 Å². The Labute approximate surface area is 173 Å². The second kappa shape index (κ2) is 7.99. The van der Waals surface area contributed by atoms with Gasteiger partial charge < -0.3 is 14.4 Å². The summed E-state index contributed by atoms with van der Waals surface area (Å²) in [5.74, 6) is -0.199. The molecule has 0 aliphatic carbocycles. The molecule has 4 rings (SSSR count). The highest BCUT2D eigenvalue weighted by atomic mass is 32.1. The Morgan fingerprint density at radius 2 is 2.03 bits per heavy atom.